The van der Waals surface area contributed by atoms with Crippen molar-refractivity contribution in [2.24, 2.45) is 0 Å². The zero-order valence-corrected chi connectivity index (χ0v) is 34.0. The molecular weight excluding hydrogens is 751 g/mol. The molecule has 2 heteroatoms. The maximum atomic E-state index is 6.23. The van der Waals surface area contributed by atoms with Crippen LogP contribution in [0.1, 0.15) is 0 Å². The van der Waals surface area contributed by atoms with Gasteiger partial charge in [0.15, 0.2) is 0 Å². The molecule has 0 fully saturated rings. The molecule has 0 radical (unpaired) electrons. The second kappa shape index (κ2) is 16.1. The quantitative estimate of drug-likeness (QED) is 0.145. The summed E-state index contributed by atoms with van der Waals surface area (Å²) in [6, 6.07) is 89.1. The first-order chi connectivity index (χ1) is 30.7. The lowest BCUT2D eigenvalue weighted by Gasteiger charge is -2.26. The fourth-order valence-corrected chi connectivity index (χ4v) is 8.69. The summed E-state index contributed by atoms with van der Waals surface area (Å²) < 4.78 is 6.23. The summed E-state index contributed by atoms with van der Waals surface area (Å²) in [7, 11) is 0. The molecule has 0 saturated carbocycles. The van der Waals surface area contributed by atoms with E-state index in [9.17, 15) is 0 Å². The fourth-order valence-electron chi connectivity index (χ4n) is 8.69. The van der Waals surface area contributed by atoms with Gasteiger partial charge in [0.05, 0.1) is 0 Å². The number of fused-ring (bicyclic) bond motifs is 2. The Bertz CT molecular complexity index is 3210. The Morgan fingerprint density at radius 2 is 0.677 bits per heavy atom. The minimum Gasteiger partial charge on any atom is -0.456 e. The first-order valence-corrected chi connectivity index (χ1v) is 21.1. The third-order valence-corrected chi connectivity index (χ3v) is 11.9. The molecule has 10 aromatic carbocycles. The van der Waals surface area contributed by atoms with E-state index in [1.807, 2.05) is 18.2 Å². The summed E-state index contributed by atoms with van der Waals surface area (Å²) in [5.41, 5.74) is 17.0. The first-order valence-electron chi connectivity index (χ1n) is 21.1. The highest BCUT2D eigenvalue weighted by Gasteiger charge is 2.16. The molecule has 0 saturated heterocycles. The van der Waals surface area contributed by atoms with Crippen molar-refractivity contribution in [1.82, 2.24) is 0 Å². The van der Waals surface area contributed by atoms with Crippen LogP contribution in [-0.2, 0) is 0 Å². The highest BCUT2D eigenvalue weighted by atomic mass is 16.3. The van der Waals surface area contributed by atoms with Crippen molar-refractivity contribution in [3.63, 3.8) is 0 Å². The number of benzene rings is 10. The molecule has 1 heterocycles. The van der Waals surface area contributed by atoms with E-state index in [-0.39, 0.29) is 0 Å². The second-order valence-electron chi connectivity index (χ2n) is 15.8. The van der Waals surface area contributed by atoms with Crippen molar-refractivity contribution in [1.29, 1.82) is 0 Å². The first kappa shape index (κ1) is 36.8. The van der Waals surface area contributed by atoms with Gasteiger partial charge >= 0.3 is 0 Å². The molecule has 0 aliphatic heterocycles. The maximum Gasteiger partial charge on any atom is 0.135 e. The van der Waals surface area contributed by atoms with E-state index in [1.165, 1.54) is 49.7 Å². The standard InChI is InChI=1S/C60H41NO/c1-3-13-42(14-4-1)51-38-52(43-15-5-2-6-16-43)40-53(39-51)45-27-33-55(34-28-45)61(56-35-29-47(30-36-56)58-23-12-19-46-17-7-9-22-57(46)58)54-31-25-44(26-32-54)48-20-11-21-49(37-48)60-41-50-18-8-10-24-59(50)62-60/h1-41H. The number of para-hydroxylation sites is 1. The smallest absolute Gasteiger partial charge is 0.135 e. The van der Waals surface area contributed by atoms with Gasteiger partial charge in [0.2, 0.25) is 0 Å². The molecule has 11 aromatic rings. The number of hydrogen-bond acceptors (Lipinski definition) is 2. The third kappa shape index (κ3) is 7.25. The van der Waals surface area contributed by atoms with Crippen molar-refractivity contribution in [2.45, 2.75) is 0 Å². The number of hydrogen-bond donors (Lipinski definition) is 0. The molecule has 0 unspecified atom stereocenters. The Morgan fingerprint density at radius 3 is 1.27 bits per heavy atom. The van der Waals surface area contributed by atoms with Crippen LogP contribution >= 0.6 is 0 Å². The van der Waals surface area contributed by atoms with E-state index in [0.29, 0.717) is 0 Å². The third-order valence-electron chi connectivity index (χ3n) is 11.9. The normalized spacial score (nSPS) is 11.2. The van der Waals surface area contributed by atoms with Crippen LogP contribution in [0.5, 0.6) is 0 Å². The minimum atomic E-state index is 0.870. The van der Waals surface area contributed by atoms with Gasteiger partial charge in [-0.1, -0.05) is 176 Å². The molecule has 1 aromatic heterocycles. The van der Waals surface area contributed by atoms with Gasteiger partial charge in [0.1, 0.15) is 11.3 Å². The van der Waals surface area contributed by atoms with Gasteiger partial charge < -0.3 is 9.32 Å². The van der Waals surface area contributed by atoms with Crippen LogP contribution in [0.3, 0.4) is 0 Å². The summed E-state index contributed by atoms with van der Waals surface area (Å²) in [6.07, 6.45) is 0. The molecule has 292 valence electrons. The molecule has 2 nitrogen and oxygen atoms in total. The zero-order chi connectivity index (χ0) is 41.2. The molecule has 62 heavy (non-hydrogen) atoms. The van der Waals surface area contributed by atoms with Gasteiger partial charge in [-0.2, -0.15) is 0 Å². The van der Waals surface area contributed by atoms with Crippen LogP contribution in [0.15, 0.2) is 253 Å². The van der Waals surface area contributed by atoms with Gasteiger partial charge in [0, 0.05) is 28.0 Å². The Labute approximate surface area is 362 Å². The van der Waals surface area contributed by atoms with Gasteiger partial charge in [-0.15, -0.1) is 0 Å². The van der Waals surface area contributed by atoms with Gasteiger partial charge in [-0.25, -0.2) is 0 Å². The van der Waals surface area contributed by atoms with E-state index in [4.69, 9.17) is 4.42 Å². The zero-order valence-electron chi connectivity index (χ0n) is 34.0. The van der Waals surface area contributed by atoms with E-state index >= 15 is 0 Å². The van der Waals surface area contributed by atoms with Crippen LogP contribution in [0.4, 0.5) is 17.1 Å². The van der Waals surface area contributed by atoms with E-state index < -0.39 is 0 Å². The lowest BCUT2D eigenvalue weighted by molar-refractivity contribution is 0.631. The van der Waals surface area contributed by atoms with E-state index in [1.54, 1.807) is 0 Å². The Kier molecular flexibility index (Phi) is 9.57. The summed E-state index contributed by atoms with van der Waals surface area (Å²) in [4.78, 5) is 2.35. The highest BCUT2D eigenvalue weighted by Crippen LogP contribution is 2.40. The van der Waals surface area contributed by atoms with Crippen molar-refractivity contribution in [3.05, 3.63) is 249 Å². The molecule has 0 N–H and O–H groups in total. The predicted molar refractivity (Wildman–Crippen MR) is 261 cm³/mol. The monoisotopic (exact) mass is 791 g/mol. The van der Waals surface area contributed by atoms with Crippen LogP contribution in [0.2, 0.25) is 0 Å². The lowest BCUT2D eigenvalue weighted by Crippen LogP contribution is -2.09. The van der Waals surface area contributed by atoms with Crippen LogP contribution in [0.25, 0.3) is 88.7 Å². The number of rotatable bonds is 9. The SMILES string of the molecule is c1ccc(-c2cc(-c3ccccc3)cc(-c3ccc(N(c4ccc(-c5cccc(-c6cc7ccccc7o6)c5)cc4)c4ccc(-c5cccc6ccccc56)cc4)cc3)c2)cc1. The van der Waals surface area contributed by atoms with Crippen molar-refractivity contribution in [2.75, 3.05) is 4.90 Å². The summed E-state index contributed by atoms with van der Waals surface area (Å²) in [5.74, 6) is 0.870. The van der Waals surface area contributed by atoms with Crippen molar-refractivity contribution >= 4 is 38.8 Å². The molecule has 0 bridgehead atoms. The average molecular weight is 792 g/mol. The van der Waals surface area contributed by atoms with Gasteiger partial charge in [0.25, 0.3) is 0 Å². The average Bonchev–Trinajstić information content (AvgIpc) is 3.80. The van der Waals surface area contributed by atoms with Crippen LogP contribution in [0, 0.1) is 0 Å². The molecule has 0 atom stereocenters. The number of anilines is 3. The molecule has 0 aliphatic carbocycles. The van der Waals surface area contributed by atoms with E-state index in [0.717, 1.165) is 56.0 Å². The molecule has 0 amide bonds. The van der Waals surface area contributed by atoms with E-state index in [2.05, 4.69) is 235 Å². The topological polar surface area (TPSA) is 16.4 Å². The number of furan rings is 1. The largest absolute Gasteiger partial charge is 0.456 e. The van der Waals surface area contributed by atoms with Crippen LogP contribution < -0.4 is 4.90 Å². The maximum absolute atomic E-state index is 6.23. The second-order valence-corrected chi connectivity index (χ2v) is 15.8. The fraction of sp³-hybridized carbons (Fsp3) is 0. The number of nitrogens with zero attached hydrogens (tertiary/aromatic N) is 1. The lowest BCUT2D eigenvalue weighted by atomic mass is 9.93. The molecule has 0 spiro atoms. The van der Waals surface area contributed by atoms with Crippen molar-refractivity contribution in [3.8, 4) is 67.0 Å². The highest BCUT2D eigenvalue weighted by molar-refractivity contribution is 5.97. The summed E-state index contributed by atoms with van der Waals surface area (Å²) in [5, 5.41) is 3.60. The Hall–Kier alpha value is -8.20. The Morgan fingerprint density at radius 1 is 0.258 bits per heavy atom. The summed E-state index contributed by atoms with van der Waals surface area (Å²) in [6.45, 7) is 0. The van der Waals surface area contributed by atoms with Gasteiger partial charge in [-0.05, 0) is 139 Å². The summed E-state index contributed by atoms with van der Waals surface area (Å²) >= 11 is 0. The van der Waals surface area contributed by atoms with Crippen molar-refractivity contribution < 1.29 is 4.42 Å². The van der Waals surface area contributed by atoms with Gasteiger partial charge in [-0.3, -0.25) is 0 Å². The molecule has 0 aliphatic rings. The minimum absolute atomic E-state index is 0.870. The molecular formula is C60H41NO. The predicted octanol–water partition coefficient (Wildman–Crippen LogP) is 17.1. The van der Waals surface area contributed by atoms with Crippen LogP contribution in [-0.4, -0.2) is 0 Å². The molecule has 11 rings (SSSR count). The Balaban J connectivity index is 0.970.